The molecule has 0 heterocycles. The van der Waals surface area contributed by atoms with Crippen LogP contribution in [0.15, 0.2) is 84.2 Å². The van der Waals surface area contributed by atoms with Crippen molar-refractivity contribution >= 4 is 31.8 Å². The second-order valence-electron chi connectivity index (χ2n) is 9.42. The molecule has 0 aliphatic heterocycles. The average molecular weight is 397 g/mol. The molecule has 138 valence electrons. The van der Waals surface area contributed by atoms with Crippen LogP contribution in [0.4, 0.5) is 0 Å². The molecule has 1 aliphatic carbocycles. The summed E-state index contributed by atoms with van der Waals surface area (Å²) in [5.74, 6) is 0. The standard InChI is InChI=1S/C23H33PSi2/c1-25(2,3)24(26(4,5)6,23-19-13-14-20-23,21-15-9-7-10-16-21)22-17-11-8-12-18-22/h7-19H,20H2,1-6H3. The molecule has 0 aromatic heterocycles. The molecule has 0 nitrogen and oxygen atoms in total. The van der Waals surface area contributed by atoms with Crippen molar-refractivity contribution in [1.29, 1.82) is 0 Å². The molecule has 26 heavy (non-hydrogen) atoms. The zero-order valence-electron chi connectivity index (χ0n) is 17.2. The summed E-state index contributed by atoms with van der Waals surface area (Å²) < 4.78 is 0. The quantitative estimate of drug-likeness (QED) is 0.389. The van der Waals surface area contributed by atoms with Crippen LogP contribution in [-0.2, 0) is 0 Å². The van der Waals surface area contributed by atoms with Crippen LogP contribution in [0.3, 0.4) is 0 Å². The molecule has 1 aliphatic rings. The van der Waals surface area contributed by atoms with Crippen LogP contribution in [0.1, 0.15) is 6.42 Å². The molecule has 3 rings (SSSR count). The zero-order valence-corrected chi connectivity index (χ0v) is 20.1. The van der Waals surface area contributed by atoms with Gasteiger partial charge < -0.3 is 0 Å². The van der Waals surface area contributed by atoms with E-state index in [1.54, 1.807) is 15.9 Å². The Morgan fingerprint density at radius 2 is 1.08 bits per heavy atom. The van der Waals surface area contributed by atoms with Crippen molar-refractivity contribution in [3.8, 4) is 0 Å². The second kappa shape index (κ2) is 6.44. The summed E-state index contributed by atoms with van der Waals surface area (Å²) in [7, 11) is -3.37. The van der Waals surface area contributed by atoms with E-state index in [0.29, 0.717) is 0 Å². The first-order valence-electron chi connectivity index (χ1n) is 9.66. The van der Waals surface area contributed by atoms with Gasteiger partial charge in [-0.3, -0.25) is 0 Å². The topological polar surface area (TPSA) is 0 Å². The molecule has 3 heteroatoms. The Labute approximate surface area is 161 Å². The molecule has 2 aromatic carbocycles. The van der Waals surface area contributed by atoms with Gasteiger partial charge in [-0.05, 0) is 0 Å². The van der Waals surface area contributed by atoms with Crippen molar-refractivity contribution in [2.24, 2.45) is 0 Å². The first-order chi connectivity index (χ1) is 12.2. The molecule has 0 amide bonds. The summed E-state index contributed by atoms with van der Waals surface area (Å²) in [6, 6.07) is 23.3. The van der Waals surface area contributed by atoms with Crippen molar-refractivity contribution in [3.63, 3.8) is 0 Å². The molecule has 0 N–H and O–H groups in total. The molecule has 0 unspecified atom stereocenters. The number of hydrogen-bond acceptors (Lipinski definition) is 0. The van der Waals surface area contributed by atoms with Crippen LogP contribution in [0, 0.1) is 0 Å². The maximum atomic E-state index is 2.64. The Hall–Kier alpha value is -1.22. The van der Waals surface area contributed by atoms with Crippen molar-refractivity contribution in [2.75, 3.05) is 0 Å². The SMILES string of the molecule is C[Si](C)(C)P(C1=CC=CC1)(c1ccccc1)(c1ccccc1)[Si](C)(C)C. The third kappa shape index (κ3) is 2.22. The number of benzene rings is 2. The Morgan fingerprint density at radius 3 is 1.38 bits per heavy atom. The molecule has 0 atom stereocenters. The summed E-state index contributed by atoms with van der Waals surface area (Å²) in [5.41, 5.74) is -2.52. The minimum atomic E-state index is -2.52. The Bertz CT molecular complexity index is 780. The van der Waals surface area contributed by atoms with Crippen LogP contribution in [0.5, 0.6) is 0 Å². The zero-order chi connectivity index (χ0) is 19.1. The van der Waals surface area contributed by atoms with Gasteiger partial charge in [0, 0.05) is 0 Å². The Balaban J connectivity index is 2.65. The van der Waals surface area contributed by atoms with Crippen molar-refractivity contribution < 1.29 is 0 Å². The van der Waals surface area contributed by atoms with Gasteiger partial charge in [-0.25, -0.2) is 0 Å². The third-order valence-electron chi connectivity index (χ3n) is 6.55. The molecular weight excluding hydrogens is 363 g/mol. The molecule has 0 bridgehead atoms. The fourth-order valence-corrected chi connectivity index (χ4v) is 57.7. The van der Waals surface area contributed by atoms with E-state index in [2.05, 4.69) is 118 Å². The van der Waals surface area contributed by atoms with Gasteiger partial charge in [0.2, 0.25) is 0 Å². The first-order valence-corrected chi connectivity index (χ1v) is 20.6. The maximum absolute atomic E-state index is 2.64. The molecular formula is C23H33PSi2. The average Bonchev–Trinajstić information content (AvgIpc) is 3.10. The summed E-state index contributed by atoms with van der Waals surface area (Å²) in [6.45, 7) is 15.8. The summed E-state index contributed by atoms with van der Waals surface area (Å²) >= 11 is 0. The Morgan fingerprint density at radius 1 is 0.654 bits per heavy atom. The van der Waals surface area contributed by atoms with Gasteiger partial charge in [0.05, 0.1) is 0 Å². The number of allylic oxidation sites excluding steroid dienone is 4. The first kappa shape index (κ1) is 19.5. The van der Waals surface area contributed by atoms with E-state index >= 15 is 0 Å². The fraction of sp³-hybridized carbons (Fsp3) is 0.304. The van der Waals surface area contributed by atoms with Gasteiger partial charge in [0.15, 0.2) is 0 Å². The van der Waals surface area contributed by atoms with Crippen LogP contribution < -0.4 is 10.6 Å². The van der Waals surface area contributed by atoms with Gasteiger partial charge in [0.25, 0.3) is 0 Å². The number of rotatable bonds is 5. The van der Waals surface area contributed by atoms with Gasteiger partial charge >= 0.3 is 162 Å². The van der Waals surface area contributed by atoms with Gasteiger partial charge in [-0.15, -0.1) is 0 Å². The van der Waals surface area contributed by atoms with Crippen LogP contribution in [0.2, 0.25) is 39.3 Å². The molecule has 0 spiro atoms. The fourth-order valence-electron chi connectivity index (χ4n) is 6.12. The van der Waals surface area contributed by atoms with E-state index in [-0.39, 0.29) is 0 Å². The van der Waals surface area contributed by atoms with E-state index in [1.165, 1.54) is 0 Å². The predicted octanol–water partition coefficient (Wildman–Crippen LogP) is 6.70. The van der Waals surface area contributed by atoms with E-state index in [1.807, 2.05) is 0 Å². The van der Waals surface area contributed by atoms with E-state index in [0.717, 1.165) is 6.42 Å². The molecule has 0 saturated heterocycles. The van der Waals surface area contributed by atoms with Crippen LogP contribution >= 0.6 is 5.70 Å². The Kier molecular flexibility index (Phi) is 4.84. The summed E-state index contributed by atoms with van der Waals surface area (Å²) in [5, 5.41) is 5.02. The second-order valence-corrected chi connectivity index (χ2v) is 36.7. The van der Waals surface area contributed by atoms with Gasteiger partial charge in [-0.2, -0.15) is 0 Å². The third-order valence-corrected chi connectivity index (χ3v) is 49.1. The van der Waals surface area contributed by atoms with Gasteiger partial charge in [-0.1, -0.05) is 0 Å². The van der Waals surface area contributed by atoms with Crippen molar-refractivity contribution in [3.05, 3.63) is 84.2 Å². The summed E-state index contributed by atoms with van der Waals surface area (Å²) in [4.78, 5) is 0. The van der Waals surface area contributed by atoms with E-state index in [9.17, 15) is 0 Å². The normalized spacial score (nSPS) is 16.8. The van der Waals surface area contributed by atoms with Crippen LogP contribution in [0.25, 0.3) is 0 Å². The minimum absolute atomic E-state index is 1.12. The molecule has 0 radical (unpaired) electrons. The van der Waals surface area contributed by atoms with E-state index < -0.39 is 21.2 Å². The van der Waals surface area contributed by atoms with E-state index in [4.69, 9.17) is 0 Å². The van der Waals surface area contributed by atoms with Crippen molar-refractivity contribution in [1.82, 2.24) is 0 Å². The molecule has 0 fully saturated rings. The van der Waals surface area contributed by atoms with Gasteiger partial charge in [0.1, 0.15) is 0 Å². The molecule has 0 saturated carbocycles. The summed E-state index contributed by atoms with van der Waals surface area (Å²) in [6.07, 6.45) is 8.30. The molecule has 2 aromatic rings. The number of hydrogen-bond donors (Lipinski definition) is 0. The van der Waals surface area contributed by atoms with Crippen molar-refractivity contribution in [2.45, 2.75) is 45.7 Å². The monoisotopic (exact) mass is 396 g/mol. The van der Waals surface area contributed by atoms with Crippen LogP contribution in [-0.4, -0.2) is 15.5 Å². The predicted molar refractivity (Wildman–Crippen MR) is 128 cm³/mol.